The van der Waals surface area contributed by atoms with Crippen LogP contribution in [0.1, 0.15) is 24.5 Å². The predicted molar refractivity (Wildman–Crippen MR) is 78.8 cm³/mol. The molecule has 1 saturated heterocycles. The summed E-state index contributed by atoms with van der Waals surface area (Å²) in [6, 6.07) is 1.44. The fourth-order valence-corrected chi connectivity index (χ4v) is 4.20. The molecular formula is C13H17N5O3S. The largest absolute Gasteiger partial charge is 0.313 e. The van der Waals surface area contributed by atoms with Crippen molar-refractivity contribution in [3.63, 3.8) is 0 Å². The van der Waals surface area contributed by atoms with Crippen LogP contribution in [0.3, 0.4) is 0 Å². The van der Waals surface area contributed by atoms with Crippen LogP contribution in [-0.2, 0) is 17.1 Å². The normalized spacial score (nSPS) is 20.1. The zero-order valence-corrected chi connectivity index (χ0v) is 13.0. The lowest BCUT2D eigenvalue weighted by molar-refractivity contribution is 0.312. The molecule has 1 aliphatic heterocycles. The molecule has 3 heterocycles. The van der Waals surface area contributed by atoms with Gasteiger partial charge in [-0.3, -0.25) is 9.48 Å². The van der Waals surface area contributed by atoms with Crippen LogP contribution < -0.4 is 5.56 Å². The average Bonchev–Trinajstić information content (AvgIpc) is 2.95. The molecule has 0 saturated carbocycles. The molecule has 0 bridgehead atoms. The second-order valence-electron chi connectivity index (χ2n) is 5.39. The summed E-state index contributed by atoms with van der Waals surface area (Å²) in [5.41, 5.74) is 0.409. The van der Waals surface area contributed by atoms with E-state index < -0.39 is 10.0 Å². The molecule has 9 heteroatoms. The van der Waals surface area contributed by atoms with Crippen molar-refractivity contribution in [2.75, 3.05) is 13.1 Å². The zero-order chi connectivity index (χ0) is 15.7. The summed E-state index contributed by atoms with van der Waals surface area (Å²) in [6.45, 7) is 0.796. The number of nitrogens with zero attached hydrogens (tertiary/aromatic N) is 4. The van der Waals surface area contributed by atoms with E-state index in [2.05, 4.69) is 15.1 Å². The van der Waals surface area contributed by atoms with Gasteiger partial charge in [0, 0.05) is 38.3 Å². The minimum Gasteiger partial charge on any atom is -0.313 e. The molecule has 0 radical (unpaired) electrons. The summed E-state index contributed by atoms with van der Waals surface area (Å²) in [4.78, 5) is 18.2. The lowest BCUT2D eigenvalue weighted by Gasteiger charge is -2.31. The molecule has 3 rings (SSSR count). The highest BCUT2D eigenvalue weighted by atomic mass is 32.2. The van der Waals surface area contributed by atoms with Gasteiger partial charge in [-0.1, -0.05) is 0 Å². The number of piperidine rings is 1. The summed E-state index contributed by atoms with van der Waals surface area (Å²) < 4.78 is 28.2. The monoisotopic (exact) mass is 323 g/mol. The third-order valence-electron chi connectivity index (χ3n) is 3.82. The van der Waals surface area contributed by atoms with E-state index in [1.807, 2.05) is 0 Å². The van der Waals surface area contributed by atoms with E-state index in [1.165, 1.54) is 33.8 Å². The highest BCUT2D eigenvalue weighted by Gasteiger charge is 2.32. The van der Waals surface area contributed by atoms with Crippen molar-refractivity contribution in [2.24, 2.45) is 7.05 Å². The summed E-state index contributed by atoms with van der Waals surface area (Å²) in [5.74, 6) is -0.0671. The molecule has 0 amide bonds. The van der Waals surface area contributed by atoms with Crippen molar-refractivity contribution in [1.29, 1.82) is 0 Å². The first-order valence-corrected chi connectivity index (χ1v) is 8.44. The maximum atomic E-state index is 12.6. The van der Waals surface area contributed by atoms with E-state index in [9.17, 15) is 13.2 Å². The number of sulfonamides is 1. The summed E-state index contributed by atoms with van der Waals surface area (Å²) in [5, 5.41) is 3.92. The van der Waals surface area contributed by atoms with Gasteiger partial charge in [-0.25, -0.2) is 13.4 Å². The molecule has 8 nitrogen and oxygen atoms in total. The second kappa shape index (κ2) is 5.65. The van der Waals surface area contributed by atoms with Crippen LogP contribution in [-0.4, -0.2) is 45.6 Å². The zero-order valence-electron chi connectivity index (χ0n) is 12.1. The van der Waals surface area contributed by atoms with Crippen LogP contribution >= 0.6 is 0 Å². The standard InChI is InChI=1S/C13H17N5O3S/c1-17-8-11(6-16-17)22(20,21)18-4-2-3-10(7-18)12-5-13(19)15-9-14-12/h5-6,8-10H,2-4,7H2,1H3,(H,14,15,19)/t10-/m1/s1. The van der Waals surface area contributed by atoms with E-state index in [0.29, 0.717) is 18.8 Å². The van der Waals surface area contributed by atoms with Gasteiger partial charge in [-0.15, -0.1) is 0 Å². The Kier molecular flexibility index (Phi) is 3.83. The van der Waals surface area contributed by atoms with Gasteiger partial charge in [0.25, 0.3) is 5.56 Å². The summed E-state index contributed by atoms with van der Waals surface area (Å²) in [7, 11) is -1.88. The van der Waals surface area contributed by atoms with Crippen LogP contribution in [0.25, 0.3) is 0 Å². The lowest BCUT2D eigenvalue weighted by atomic mass is 9.96. The van der Waals surface area contributed by atoms with Crippen LogP contribution in [0.4, 0.5) is 0 Å². The van der Waals surface area contributed by atoms with Crippen molar-refractivity contribution >= 4 is 10.0 Å². The van der Waals surface area contributed by atoms with Gasteiger partial charge in [0.1, 0.15) is 4.90 Å². The first kappa shape index (κ1) is 14.9. The molecule has 1 aliphatic rings. The van der Waals surface area contributed by atoms with Crippen molar-refractivity contribution < 1.29 is 8.42 Å². The molecule has 1 fully saturated rings. The van der Waals surface area contributed by atoms with Gasteiger partial charge in [0.15, 0.2) is 0 Å². The minimum absolute atomic E-state index is 0.0671. The number of aromatic amines is 1. The van der Waals surface area contributed by atoms with Gasteiger partial charge >= 0.3 is 0 Å². The van der Waals surface area contributed by atoms with E-state index in [4.69, 9.17) is 0 Å². The van der Waals surface area contributed by atoms with E-state index in [1.54, 1.807) is 7.05 Å². The Hall–Kier alpha value is -2.00. The number of H-pyrrole nitrogens is 1. The highest BCUT2D eigenvalue weighted by molar-refractivity contribution is 7.89. The Bertz CT molecular complexity index is 826. The smallest absolute Gasteiger partial charge is 0.250 e. The van der Waals surface area contributed by atoms with Gasteiger partial charge in [-0.05, 0) is 12.8 Å². The maximum Gasteiger partial charge on any atom is 0.250 e. The van der Waals surface area contributed by atoms with Gasteiger partial charge in [0.05, 0.1) is 18.2 Å². The molecule has 0 unspecified atom stereocenters. The highest BCUT2D eigenvalue weighted by Crippen LogP contribution is 2.28. The van der Waals surface area contributed by atoms with Crippen LogP contribution in [0.2, 0.25) is 0 Å². The molecule has 2 aromatic heterocycles. The molecule has 0 spiro atoms. The van der Waals surface area contributed by atoms with Gasteiger partial charge in [-0.2, -0.15) is 9.40 Å². The van der Waals surface area contributed by atoms with E-state index in [-0.39, 0.29) is 16.4 Å². The molecule has 0 aromatic carbocycles. The SMILES string of the molecule is Cn1cc(S(=O)(=O)N2CCC[C@@H](c3cc(=O)[nH]cn3)C2)cn1. The Balaban J connectivity index is 1.85. The van der Waals surface area contributed by atoms with Crippen LogP contribution in [0.5, 0.6) is 0 Å². The number of aryl methyl sites for hydroxylation is 1. The summed E-state index contributed by atoms with van der Waals surface area (Å²) >= 11 is 0. The number of aromatic nitrogens is 4. The minimum atomic E-state index is -3.56. The molecular weight excluding hydrogens is 306 g/mol. The topological polar surface area (TPSA) is 101 Å². The number of hydrogen-bond donors (Lipinski definition) is 1. The van der Waals surface area contributed by atoms with Gasteiger partial charge in [0.2, 0.25) is 10.0 Å². The van der Waals surface area contributed by atoms with Crippen molar-refractivity contribution in [3.05, 3.63) is 40.8 Å². The van der Waals surface area contributed by atoms with Crippen molar-refractivity contribution in [2.45, 2.75) is 23.7 Å². The van der Waals surface area contributed by atoms with E-state index >= 15 is 0 Å². The van der Waals surface area contributed by atoms with E-state index in [0.717, 1.165) is 12.8 Å². The predicted octanol–water partition coefficient (Wildman–Crippen LogP) is 0.0717. The molecule has 1 atom stereocenters. The molecule has 2 aromatic rings. The number of hydrogen-bond acceptors (Lipinski definition) is 5. The number of nitrogens with one attached hydrogen (secondary N) is 1. The maximum absolute atomic E-state index is 12.6. The molecule has 118 valence electrons. The average molecular weight is 323 g/mol. The third kappa shape index (κ3) is 2.81. The van der Waals surface area contributed by atoms with Gasteiger partial charge < -0.3 is 4.98 Å². The lowest BCUT2D eigenvalue weighted by Crippen LogP contribution is -2.39. The first-order valence-electron chi connectivity index (χ1n) is 7.00. The fourth-order valence-electron chi connectivity index (χ4n) is 2.69. The first-order chi connectivity index (χ1) is 10.5. The molecule has 22 heavy (non-hydrogen) atoms. The fraction of sp³-hybridized carbons (Fsp3) is 0.462. The van der Waals surface area contributed by atoms with Crippen molar-refractivity contribution in [3.8, 4) is 0 Å². The Morgan fingerprint density at radius 2 is 2.23 bits per heavy atom. The Morgan fingerprint density at radius 1 is 1.41 bits per heavy atom. The van der Waals surface area contributed by atoms with Crippen molar-refractivity contribution in [1.82, 2.24) is 24.1 Å². The molecule has 1 N–H and O–H groups in total. The van der Waals surface area contributed by atoms with Crippen LogP contribution in [0.15, 0.2) is 34.5 Å². The third-order valence-corrected chi connectivity index (χ3v) is 5.64. The quantitative estimate of drug-likeness (QED) is 0.861. The number of rotatable bonds is 3. The second-order valence-corrected chi connectivity index (χ2v) is 7.33. The Labute approximate surface area is 127 Å². The Morgan fingerprint density at radius 3 is 2.91 bits per heavy atom. The molecule has 0 aliphatic carbocycles. The van der Waals surface area contributed by atoms with Crippen LogP contribution in [0, 0.1) is 0 Å². The summed E-state index contributed by atoms with van der Waals surface area (Å²) in [6.07, 6.45) is 5.75.